The van der Waals surface area contributed by atoms with E-state index in [4.69, 9.17) is 4.74 Å². The van der Waals surface area contributed by atoms with Crippen LogP contribution in [0, 0.1) is 0 Å². The molecule has 2 aliphatic heterocycles. The first-order valence-electron chi connectivity index (χ1n) is 20.1. The molecular weight excluding hydrogens is 705 g/mol. The summed E-state index contributed by atoms with van der Waals surface area (Å²) in [7, 11) is 0. The first-order valence-corrected chi connectivity index (χ1v) is 20.1. The van der Waals surface area contributed by atoms with Crippen LogP contribution >= 0.6 is 0 Å². The molecule has 0 amide bonds. The van der Waals surface area contributed by atoms with Gasteiger partial charge in [0.2, 0.25) is 0 Å². The quantitative estimate of drug-likeness (QED) is 0.167. The number of fused-ring (bicyclic) bond motifs is 12. The van der Waals surface area contributed by atoms with Gasteiger partial charge in [0.1, 0.15) is 0 Å². The van der Waals surface area contributed by atoms with Crippen molar-refractivity contribution >= 4 is 77.2 Å². The van der Waals surface area contributed by atoms with Gasteiger partial charge in [0.05, 0.1) is 22.7 Å². The average Bonchev–Trinajstić information content (AvgIpc) is 3.28. The lowest BCUT2D eigenvalue weighted by Crippen LogP contribution is -2.34. The molecule has 0 saturated heterocycles. The van der Waals surface area contributed by atoms with Crippen molar-refractivity contribution in [3.63, 3.8) is 0 Å². The highest BCUT2D eigenvalue weighted by Crippen LogP contribution is 2.63. The molecular formula is C55H38N2O. The highest BCUT2D eigenvalue weighted by atomic mass is 16.5. The number of hydrogen-bond donors (Lipinski definition) is 0. The molecule has 2 heterocycles. The molecule has 10 aromatic rings. The van der Waals surface area contributed by atoms with Crippen molar-refractivity contribution in [1.82, 2.24) is 0 Å². The lowest BCUT2D eigenvalue weighted by atomic mass is 9.72. The van der Waals surface area contributed by atoms with Crippen LogP contribution in [-0.2, 0) is 5.41 Å². The van der Waals surface area contributed by atoms with Crippen LogP contribution in [0.15, 0.2) is 194 Å². The lowest BCUT2D eigenvalue weighted by molar-refractivity contribution is 0.472. The molecule has 0 fully saturated rings. The Kier molecular flexibility index (Phi) is 6.98. The molecule has 0 atom stereocenters. The molecule has 12 rings (SSSR count). The second kappa shape index (κ2) is 12.3. The normalized spacial score (nSPS) is 13.6. The van der Waals surface area contributed by atoms with Gasteiger partial charge in [0.15, 0.2) is 11.5 Å². The van der Waals surface area contributed by atoms with Gasteiger partial charge in [-0.15, -0.1) is 0 Å². The van der Waals surface area contributed by atoms with Crippen LogP contribution < -0.4 is 14.5 Å². The third-order valence-corrected chi connectivity index (χ3v) is 12.6. The van der Waals surface area contributed by atoms with Crippen LogP contribution in [0.5, 0.6) is 11.5 Å². The molecule has 0 aliphatic carbocycles. The predicted octanol–water partition coefficient (Wildman–Crippen LogP) is 15.7. The molecule has 0 spiro atoms. The zero-order valence-corrected chi connectivity index (χ0v) is 32.3. The number of ether oxygens (including phenoxy) is 1. The second-order valence-corrected chi connectivity index (χ2v) is 16.1. The van der Waals surface area contributed by atoms with Crippen molar-refractivity contribution < 1.29 is 4.74 Å². The fraction of sp³-hybridized carbons (Fsp3) is 0.0545. The maximum absolute atomic E-state index is 6.94. The number of hydrogen-bond acceptors (Lipinski definition) is 3. The molecule has 0 radical (unpaired) electrons. The molecule has 274 valence electrons. The Morgan fingerprint density at radius 2 is 0.983 bits per heavy atom. The van der Waals surface area contributed by atoms with Crippen LogP contribution in [0.4, 0.5) is 34.1 Å². The van der Waals surface area contributed by atoms with Gasteiger partial charge in [0, 0.05) is 27.7 Å². The molecule has 58 heavy (non-hydrogen) atoms. The summed E-state index contributed by atoms with van der Waals surface area (Å²) in [6.45, 7) is 4.75. The highest BCUT2D eigenvalue weighted by Gasteiger charge is 2.44. The molecule has 0 unspecified atom stereocenters. The van der Waals surface area contributed by atoms with Crippen LogP contribution in [0.25, 0.3) is 54.2 Å². The molecule has 2 aliphatic rings. The van der Waals surface area contributed by atoms with E-state index in [2.05, 4.69) is 218 Å². The molecule has 0 bridgehead atoms. The molecule has 0 aromatic heterocycles. The van der Waals surface area contributed by atoms with Gasteiger partial charge in [-0.05, 0) is 103 Å². The zero-order valence-electron chi connectivity index (χ0n) is 32.3. The van der Waals surface area contributed by atoms with E-state index < -0.39 is 0 Å². The Morgan fingerprint density at radius 1 is 0.431 bits per heavy atom. The van der Waals surface area contributed by atoms with Gasteiger partial charge in [-0.3, -0.25) is 0 Å². The number of para-hydroxylation sites is 1. The highest BCUT2D eigenvalue weighted by molar-refractivity contribution is 6.26. The molecule has 10 aromatic carbocycles. The van der Waals surface area contributed by atoms with Crippen LogP contribution in [0.2, 0.25) is 0 Å². The summed E-state index contributed by atoms with van der Waals surface area (Å²) in [5.74, 6) is 1.72. The molecule has 0 saturated carbocycles. The minimum Gasteiger partial charge on any atom is -0.453 e. The Balaban J connectivity index is 1.16. The van der Waals surface area contributed by atoms with Crippen LogP contribution in [-0.4, -0.2) is 0 Å². The Labute approximate surface area is 337 Å². The van der Waals surface area contributed by atoms with Gasteiger partial charge >= 0.3 is 0 Å². The largest absolute Gasteiger partial charge is 0.453 e. The van der Waals surface area contributed by atoms with Crippen molar-refractivity contribution in [3.05, 3.63) is 205 Å². The van der Waals surface area contributed by atoms with Crippen molar-refractivity contribution in [2.75, 3.05) is 9.80 Å². The van der Waals surface area contributed by atoms with E-state index in [0.717, 1.165) is 39.9 Å². The van der Waals surface area contributed by atoms with E-state index >= 15 is 0 Å². The predicted molar refractivity (Wildman–Crippen MR) is 243 cm³/mol. The summed E-state index contributed by atoms with van der Waals surface area (Å²) in [5, 5.41) is 9.90. The van der Waals surface area contributed by atoms with Gasteiger partial charge in [0.25, 0.3) is 0 Å². The maximum Gasteiger partial charge on any atom is 0.152 e. The van der Waals surface area contributed by atoms with E-state index in [9.17, 15) is 0 Å². The monoisotopic (exact) mass is 742 g/mol. The van der Waals surface area contributed by atoms with E-state index in [-0.39, 0.29) is 5.41 Å². The SMILES string of the molecule is CC1(C)c2ccccc2N2c3c(ccc(N(c4ccc(-c5ccccc5)cc4)c4ccc5c6ccccc6c6ccccc6c5c4)c31)Oc1ccc3ccccc3c12. The summed E-state index contributed by atoms with van der Waals surface area (Å²) in [5.41, 5.74) is 11.1. The Bertz CT molecular complexity index is 3260. The summed E-state index contributed by atoms with van der Waals surface area (Å²) in [6, 6.07) is 70.7. The molecule has 0 N–H and O–H groups in total. The Morgan fingerprint density at radius 3 is 1.72 bits per heavy atom. The fourth-order valence-corrected chi connectivity index (χ4v) is 9.91. The van der Waals surface area contributed by atoms with Crippen LogP contribution in [0.1, 0.15) is 25.0 Å². The maximum atomic E-state index is 6.94. The van der Waals surface area contributed by atoms with E-state index in [1.54, 1.807) is 0 Å². The topological polar surface area (TPSA) is 15.7 Å². The Hall–Kier alpha value is -7.36. The fourth-order valence-electron chi connectivity index (χ4n) is 9.91. The van der Waals surface area contributed by atoms with Crippen LogP contribution in [0.3, 0.4) is 0 Å². The minimum atomic E-state index is -0.388. The number of rotatable bonds is 4. The van der Waals surface area contributed by atoms with Crippen molar-refractivity contribution in [2.45, 2.75) is 19.3 Å². The number of nitrogens with zero attached hydrogens (tertiary/aromatic N) is 2. The summed E-state index contributed by atoms with van der Waals surface area (Å²) < 4.78 is 6.94. The van der Waals surface area contributed by atoms with E-state index in [0.29, 0.717) is 0 Å². The molecule has 3 heteroatoms. The first-order chi connectivity index (χ1) is 28.5. The smallest absolute Gasteiger partial charge is 0.152 e. The van der Waals surface area contributed by atoms with Gasteiger partial charge in [-0.1, -0.05) is 159 Å². The standard InChI is InChI=1S/C55H38N2O/c1-55(2)47-22-12-13-23-48(47)57-53-40-17-7-6-16-37(40)26-32-50(53)58-51-33-31-49(52(55)54(51)57)56(38-27-24-36(25-28-38)35-14-4-3-5-15-35)39-29-30-45-43-20-9-8-18-41(43)42-19-10-11-21-44(42)46(45)34-39/h3-34H,1-2H3. The zero-order chi connectivity index (χ0) is 38.5. The molecule has 3 nitrogen and oxygen atoms in total. The summed E-state index contributed by atoms with van der Waals surface area (Å²) in [4.78, 5) is 4.95. The van der Waals surface area contributed by atoms with E-state index in [1.807, 2.05) is 0 Å². The van der Waals surface area contributed by atoms with Gasteiger partial charge in [-0.2, -0.15) is 0 Å². The lowest BCUT2D eigenvalue weighted by Gasteiger charge is -2.47. The number of benzene rings is 10. The summed E-state index contributed by atoms with van der Waals surface area (Å²) in [6.07, 6.45) is 0. The average molecular weight is 743 g/mol. The second-order valence-electron chi connectivity index (χ2n) is 16.1. The van der Waals surface area contributed by atoms with Gasteiger partial charge in [-0.25, -0.2) is 0 Å². The number of anilines is 6. The first kappa shape index (κ1) is 32.8. The van der Waals surface area contributed by atoms with Crippen molar-refractivity contribution in [1.29, 1.82) is 0 Å². The van der Waals surface area contributed by atoms with E-state index in [1.165, 1.54) is 71.0 Å². The minimum absolute atomic E-state index is 0.388. The summed E-state index contributed by atoms with van der Waals surface area (Å²) >= 11 is 0. The third-order valence-electron chi connectivity index (χ3n) is 12.6. The van der Waals surface area contributed by atoms with Gasteiger partial charge < -0.3 is 14.5 Å². The van der Waals surface area contributed by atoms with Crippen molar-refractivity contribution in [2.24, 2.45) is 0 Å². The van der Waals surface area contributed by atoms with Crippen molar-refractivity contribution in [3.8, 4) is 22.6 Å². The third kappa shape index (κ3) is 4.68.